The first kappa shape index (κ1) is 15.0. The number of carbonyl (C=O) groups is 1. The van der Waals surface area contributed by atoms with Crippen LogP contribution in [0.25, 0.3) is 0 Å². The molecule has 0 aliphatic carbocycles. The fraction of sp³-hybridized carbons (Fsp3) is 0.400. The SMILES string of the molecule is CCOC(=O)c1c(CF)cnc(OC(F)(F)F)c1O. The lowest BCUT2D eigenvalue weighted by molar-refractivity contribution is -0.276. The maximum atomic E-state index is 12.6. The standard InChI is InChI=1S/C10H9F4NO4/c1-2-18-9(17)6-5(3-11)4-15-8(7(6)16)19-10(12,13)14/h4,16H,2-3H2,1H3. The van der Waals surface area contributed by atoms with Crippen LogP contribution in [-0.2, 0) is 11.4 Å². The summed E-state index contributed by atoms with van der Waals surface area (Å²) in [6.07, 6.45) is -4.44. The second kappa shape index (κ2) is 5.72. The molecule has 0 bridgehead atoms. The highest BCUT2D eigenvalue weighted by molar-refractivity contribution is 5.94. The molecule has 1 N–H and O–H groups in total. The summed E-state index contributed by atoms with van der Waals surface area (Å²) in [6, 6.07) is 0. The Labute approximate surface area is 104 Å². The molecule has 1 heterocycles. The van der Waals surface area contributed by atoms with E-state index in [4.69, 9.17) is 0 Å². The zero-order chi connectivity index (χ0) is 14.6. The van der Waals surface area contributed by atoms with Crippen LogP contribution in [0.15, 0.2) is 6.20 Å². The van der Waals surface area contributed by atoms with Gasteiger partial charge in [-0.3, -0.25) is 0 Å². The van der Waals surface area contributed by atoms with Gasteiger partial charge in [-0.15, -0.1) is 13.2 Å². The van der Waals surface area contributed by atoms with Crippen molar-refractivity contribution in [2.24, 2.45) is 0 Å². The van der Waals surface area contributed by atoms with Crippen LogP contribution in [0.1, 0.15) is 22.8 Å². The molecule has 0 aliphatic heterocycles. The topological polar surface area (TPSA) is 68.7 Å². The first-order valence-corrected chi connectivity index (χ1v) is 4.99. The molecule has 0 spiro atoms. The van der Waals surface area contributed by atoms with Crippen LogP contribution < -0.4 is 4.74 Å². The predicted molar refractivity (Wildman–Crippen MR) is 53.4 cm³/mol. The molecule has 0 aliphatic rings. The summed E-state index contributed by atoms with van der Waals surface area (Å²) < 4.78 is 56.6. The number of nitrogens with zero attached hydrogens (tertiary/aromatic N) is 1. The Bertz CT molecular complexity index is 475. The lowest BCUT2D eigenvalue weighted by Gasteiger charge is -2.13. The van der Waals surface area contributed by atoms with Gasteiger partial charge in [0.2, 0.25) is 0 Å². The smallest absolute Gasteiger partial charge is 0.502 e. The zero-order valence-corrected chi connectivity index (χ0v) is 9.62. The van der Waals surface area contributed by atoms with Crippen molar-refractivity contribution in [1.82, 2.24) is 4.98 Å². The average Bonchev–Trinajstić information content (AvgIpc) is 2.30. The molecule has 19 heavy (non-hydrogen) atoms. The second-order valence-corrected chi connectivity index (χ2v) is 3.21. The number of alkyl halides is 4. The number of ether oxygens (including phenoxy) is 2. The molecule has 5 nitrogen and oxygen atoms in total. The van der Waals surface area contributed by atoms with Crippen molar-refractivity contribution in [1.29, 1.82) is 0 Å². The largest absolute Gasteiger partial charge is 0.574 e. The lowest BCUT2D eigenvalue weighted by Crippen LogP contribution is -2.19. The Morgan fingerprint density at radius 2 is 2.11 bits per heavy atom. The van der Waals surface area contributed by atoms with Gasteiger partial charge in [0.15, 0.2) is 5.75 Å². The van der Waals surface area contributed by atoms with Crippen molar-refractivity contribution >= 4 is 5.97 Å². The number of pyridine rings is 1. The Morgan fingerprint density at radius 3 is 2.58 bits per heavy atom. The molecule has 0 fully saturated rings. The number of aromatic nitrogens is 1. The summed E-state index contributed by atoms with van der Waals surface area (Å²) in [5, 5.41) is 9.51. The van der Waals surface area contributed by atoms with Crippen molar-refractivity contribution in [3.63, 3.8) is 0 Å². The summed E-state index contributed by atoms with van der Waals surface area (Å²) in [5.74, 6) is -3.62. The summed E-state index contributed by atoms with van der Waals surface area (Å²) in [6.45, 7) is 0.140. The lowest BCUT2D eigenvalue weighted by atomic mass is 10.1. The minimum Gasteiger partial charge on any atom is -0.502 e. The van der Waals surface area contributed by atoms with Crippen molar-refractivity contribution in [3.8, 4) is 11.6 Å². The Balaban J connectivity index is 3.25. The fourth-order valence-corrected chi connectivity index (χ4v) is 1.24. The van der Waals surface area contributed by atoms with Crippen LogP contribution >= 0.6 is 0 Å². The van der Waals surface area contributed by atoms with Gasteiger partial charge in [-0.25, -0.2) is 14.2 Å². The van der Waals surface area contributed by atoms with Gasteiger partial charge < -0.3 is 14.6 Å². The monoisotopic (exact) mass is 283 g/mol. The van der Waals surface area contributed by atoms with E-state index in [2.05, 4.69) is 14.5 Å². The quantitative estimate of drug-likeness (QED) is 0.678. The summed E-state index contributed by atoms with van der Waals surface area (Å²) in [5.41, 5.74) is -1.14. The number of rotatable bonds is 4. The van der Waals surface area contributed by atoms with Crippen LogP contribution in [0, 0.1) is 0 Å². The average molecular weight is 283 g/mol. The van der Waals surface area contributed by atoms with E-state index in [1.54, 1.807) is 0 Å². The van der Waals surface area contributed by atoms with Gasteiger partial charge in [-0.2, -0.15) is 0 Å². The van der Waals surface area contributed by atoms with Crippen molar-refractivity contribution in [2.75, 3.05) is 6.61 Å². The molecular weight excluding hydrogens is 274 g/mol. The third-order valence-electron chi connectivity index (χ3n) is 1.93. The van der Waals surface area contributed by atoms with E-state index in [1.807, 2.05) is 0 Å². The van der Waals surface area contributed by atoms with E-state index in [0.717, 1.165) is 0 Å². The Morgan fingerprint density at radius 1 is 1.47 bits per heavy atom. The van der Waals surface area contributed by atoms with Gasteiger partial charge in [-0.1, -0.05) is 0 Å². The van der Waals surface area contributed by atoms with E-state index in [-0.39, 0.29) is 6.61 Å². The van der Waals surface area contributed by atoms with Crippen molar-refractivity contribution in [2.45, 2.75) is 20.0 Å². The molecular formula is C10H9F4NO4. The van der Waals surface area contributed by atoms with Gasteiger partial charge in [0.05, 0.1) is 6.61 Å². The minimum absolute atomic E-state index is 0.0955. The number of hydrogen-bond donors (Lipinski definition) is 1. The van der Waals surface area contributed by atoms with Gasteiger partial charge in [0.1, 0.15) is 12.2 Å². The van der Waals surface area contributed by atoms with Gasteiger partial charge in [0, 0.05) is 11.8 Å². The van der Waals surface area contributed by atoms with Crippen LogP contribution in [0.5, 0.6) is 11.6 Å². The first-order valence-electron chi connectivity index (χ1n) is 4.99. The molecule has 1 aromatic heterocycles. The number of esters is 1. The van der Waals surface area contributed by atoms with E-state index < -0.39 is 41.8 Å². The van der Waals surface area contributed by atoms with Crippen LogP contribution in [-0.4, -0.2) is 29.0 Å². The van der Waals surface area contributed by atoms with Gasteiger partial charge in [-0.05, 0) is 6.92 Å². The maximum absolute atomic E-state index is 12.6. The highest BCUT2D eigenvalue weighted by Gasteiger charge is 2.35. The zero-order valence-electron chi connectivity index (χ0n) is 9.62. The molecule has 1 rings (SSSR count). The van der Waals surface area contributed by atoms with Crippen LogP contribution in [0.2, 0.25) is 0 Å². The Kier molecular flexibility index (Phi) is 4.52. The molecule has 0 atom stereocenters. The van der Waals surface area contributed by atoms with E-state index in [1.165, 1.54) is 6.92 Å². The van der Waals surface area contributed by atoms with E-state index in [0.29, 0.717) is 6.20 Å². The van der Waals surface area contributed by atoms with Crippen LogP contribution in [0.4, 0.5) is 17.6 Å². The first-order chi connectivity index (χ1) is 8.80. The molecule has 106 valence electrons. The second-order valence-electron chi connectivity index (χ2n) is 3.21. The molecule has 0 unspecified atom stereocenters. The third kappa shape index (κ3) is 3.70. The molecule has 0 radical (unpaired) electrons. The molecule has 0 saturated heterocycles. The van der Waals surface area contributed by atoms with Gasteiger partial charge in [0.25, 0.3) is 5.88 Å². The Hall–Kier alpha value is -2.06. The fourth-order valence-electron chi connectivity index (χ4n) is 1.24. The van der Waals surface area contributed by atoms with Crippen molar-refractivity contribution in [3.05, 3.63) is 17.3 Å². The van der Waals surface area contributed by atoms with Crippen molar-refractivity contribution < 1.29 is 36.9 Å². The minimum atomic E-state index is -5.10. The third-order valence-corrected chi connectivity index (χ3v) is 1.93. The van der Waals surface area contributed by atoms with E-state index in [9.17, 15) is 27.5 Å². The maximum Gasteiger partial charge on any atom is 0.574 e. The summed E-state index contributed by atoms with van der Waals surface area (Å²) >= 11 is 0. The number of carbonyl (C=O) groups excluding carboxylic acids is 1. The predicted octanol–water partition coefficient (Wildman–Crippen LogP) is 2.33. The summed E-state index contributed by atoms with van der Waals surface area (Å²) in [7, 11) is 0. The van der Waals surface area contributed by atoms with Gasteiger partial charge >= 0.3 is 12.3 Å². The van der Waals surface area contributed by atoms with E-state index >= 15 is 0 Å². The number of hydrogen-bond acceptors (Lipinski definition) is 5. The molecule has 0 aromatic carbocycles. The molecule has 9 heteroatoms. The highest BCUT2D eigenvalue weighted by Crippen LogP contribution is 2.34. The number of halogens is 4. The summed E-state index contributed by atoms with van der Waals surface area (Å²) in [4.78, 5) is 14.5. The number of aromatic hydroxyl groups is 1. The molecule has 0 amide bonds. The highest BCUT2D eigenvalue weighted by atomic mass is 19.4. The van der Waals surface area contributed by atoms with Crippen LogP contribution in [0.3, 0.4) is 0 Å². The molecule has 1 aromatic rings. The molecule has 0 saturated carbocycles. The normalized spacial score (nSPS) is 11.2.